The number of nitrogens with two attached hydrogens (primary N) is 1. The summed E-state index contributed by atoms with van der Waals surface area (Å²) in [5, 5.41) is 2.52. The molecule has 0 fully saturated rings. The molecule has 0 saturated heterocycles. The lowest BCUT2D eigenvalue weighted by Gasteiger charge is -2.17. The van der Waals surface area contributed by atoms with Crippen LogP contribution in [0.1, 0.15) is 13.8 Å². The van der Waals surface area contributed by atoms with Crippen LogP contribution >= 0.6 is 11.8 Å². The van der Waals surface area contributed by atoms with E-state index in [2.05, 4.69) is 5.32 Å². The van der Waals surface area contributed by atoms with Gasteiger partial charge < -0.3 is 11.1 Å². The maximum atomic E-state index is 13.2. The van der Waals surface area contributed by atoms with Crippen molar-refractivity contribution in [2.75, 3.05) is 16.8 Å². The average molecular weight is 256 g/mol. The standard InChI is InChI=1S/C12H17FN2OS/c1-12(2,14)8-17-7-11(16)15-10-6-4-3-5-9(10)13/h3-6H,7-8,14H2,1-2H3,(H,15,16). The molecule has 0 aliphatic heterocycles. The van der Waals surface area contributed by atoms with Crippen LogP contribution in [0.5, 0.6) is 0 Å². The van der Waals surface area contributed by atoms with Crippen molar-refractivity contribution < 1.29 is 9.18 Å². The molecule has 3 N–H and O–H groups in total. The van der Waals surface area contributed by atoms with Crippen LogP contribution in [0.25, 0.3) is 0 Å². The predicted molar refractivity (Wildman–Crippen MR) is 70.6 cm³/mol. The van der Waals surface area contributed by atoms with Crippen molar-refractivity contribution in [3.05, 3.63) is 30.1 Å². The van der Waals surface area contributed by atoms with Crippen molar-refractivity contribution in [1.29, 1.82) is 0 Å². The van der Waals surface area contributed by atoms with Crippen molar-refractivity contribution in [3.8, 4) is 0 Å². The Bertz CT molecular complexity index is 390. The Morgan fingerprint density at radius 1 is 1.47 bits per heavy atom. The molecule has 0 heterocycles. The van der Waals surface area contributed by atoms with E-state index in [4.69, 9.17) is 5.73 Å². The van der Waals surface area contributed by atoms with Crippen LogP contribution in [0.2, 0.25) is 0 Å². The maximum absolute atomic E-state index is 13.2. The van der Waals surface area contributed by atoms with Gasteiger partial charge in [-0.15, -0.1) is 0 Å². The molecule has 94 valence electrons. The summed E-state index contributed by atoms with van der Waals surface area (Å²) in [5.74, 6) is 0.307. The molecular formula is C12H17FN2OS. The summed E-state index contributed by atoms with van der Waals surface area (Å²) in [5.41, 5.74) is 5.70. The van der Waals surface area contributed by atoms with E-state index in [-0.39, 0.29) is 22.9 Å². The molecule has 17 heavy (non-hydrogen) atoms. The third-order valence-electron chi connectivity index (χ3n) is 1.86. The summed E-state index contributed by atoms with van der Waals surface area (Å²) in [6.07, 6.45) is 0. The van der Waals surface area contributed by atoms with Crippen LogP contribution < -0.4 is 11.1 Å². The number of carbonyl (C=O) groups is 1. The monoisotopic (exact) mass is 256 g/mol. The van der Waals surface area contributed by atoms with E-state index < -0.39 is 5.82 Å². The second kappa shape index (κ2) is 6.02. The lowest BCUT2D eigenvalue weighted by Crippen LogP contribution is -2.35. The summed E-state index contributed by atoms with van der Waals surface area (Å²) < 4.78 is 13.2. The van der Waals surface area contributed by atoms with Gasteiger partial charge in [0.15, 0.2) is 0 Å². The third-order valence-corrected chi connectivity index (χ3v) is 3.27. The average Bonchev–Trinajstić information content (AvgIpc) is 2.19. The van der Waals surface area contributed by atoms with Crippen molar-refractivity contribution in [1.82, 2.24) is 0 Å². The predicted octanol–water partition coefficient (Wildman–Crippen LogP) is 2.23. The number of nitrogens with one attached hydrogen (secondary N) is 1. The molecule has 0 unspecified atom stereocenters. The third kappa shape index (κ3) is 5.70. The van der Waals surface area contributed by atoms with Gasteiger partial charge in [-0.1, -0.05) is 12.1 Å². The number of rotatable bonds is 5. The van der Waals surface area contributed by atoms with Crippen LogP contribution in [0, 0.1) is 5.82 Å². The highest BCUT2D eigenvalue weighted by atomic mass is 32.2. The fourth-order valence-corrected chi connectivity index (χ4v) is 2.04. The van der Waals surface area contributed by atoms with E-state index in [1.54, 1.807) is 12.1 Å². The molecule has 0 saturated carbocycles. The zero-order valence-electron chi connectivity index (χ0n) is 10.00. The van der Waals surface area contributed by atoms with E-state index in [0.29, 0.717) is 5.75 Å². The molecule has 1 amide bonds. The largest absolute Gasteiger partial charge is 0.325 e. The van der Waals surface area contributed by atoms with E-state index in [0.717, 1.165) is 0 Å². The number of carbonyl (C=O) groups excluding carboxylic acids is 1. The highest BCUT2D eigenvalue weighted by Gasteiger charge is 2.12. The molecule has 0 radical (unpaired) electrons. The zero-order chi connectivity index (χ0) is 12.9. The lowest BCUT2D eigenvalue weighted by molar-refractivity contribution is -0.113. The second-order valence-electron chi connectivity index (χ2n) is 4.51. The van der Waals surface area contributed by atoms with Gasteiger partial charge in [0, 0.05) is 11.3 Å². The molecule has 1 aromatic rings. The summed E-state index contributed by atoms with van der Waals surface area (Å²) in [6, 6.07) is 6.10. The molecule has 0 spiro atoms. The van der Waals surface area contributed by atoms with Gasteiger partial charge in [-0.2, -0.15) is 11.8 Å². The van der Waals surface area contributed by atoms with Crippen LogP contribution in [-0.2, 0) is 4.79 Å². The molecule has 0 aliphatic carbocycles. The number of benzene rings is 1. The van der Waals surface area contributed by atoms with E-state index in [9.17, 15) is 9.18 Å². The molecule has 0 atom stereocenters. The Morgan fingerprint density at radius 3 is 2.71 bits per heavy atom. The van der Waals surface area contributed by atoms with Crippen molar-refractivity contribution >= 4 is 23.4 Å². The van der Waals surface area contributed by atoms with Gasteiger partial charge in [-0.25, -0.2) is 4.39 Å². The number of amides is 1. The first-order chi connectivity index (χ1) is 7.88. The molecule has 0 aromatic heterocycles. The number of anilines is 1. The van der Waals surface area contributed by atoms with Gasteiger partial charge in [0.25, 0.3) is 0 Å². The Kier molecular flexibility index (Phi) is 4.96. The Balaban J connectivity index is 2.38. The Hall–Kier alpha value is -1.07. The van der Waals surface area contributed by atoms with Gasteiger partial charge in [0.2, 0.25) is 5.91 Å². The number of hydrogen-bond acceptors (Lipinski definition) is 3. The number of para-hydroxylation sites is 1. The second-order valence-corrected chi connectivity index (χ2v) is 5.50. The minimum atomic E-state index is -0.426. The molecule has 0 aliphatic rings. The first-order valence-corrected chi connectivity index (χ1v) is 6.45. The molecular weight excluding hydrogens is 239 g/mol. The van der Waals surface area contributed by atoms with Crippen molar-refractivity contribution in [2.24, 2.45) is 5.73 Å². The highest BCUT2D eigenvalue weighted by molar-refractivity contribution is 8.00. The first kappa shape index (κ1) is 14.0. The summed E-state index contributed by atoms with van der Waals surface area (Å²) >= 11 is 1.43. The van der Waals surface area contributed by atoms with Gasteiger partial charge in [-0.05, 0) is 26.0 Å². The van der Waals surface area contributed by atoms with Gasteiger partial charge in [0.1, 0.15) is 5.82 Å². The van der Waals surface area contributed by atoms with Crippen LogP contribution in [0.15, 0.2) is 24.3 Å². The summed E-state index contributed by atoms with van der Waals surface area (Å²) in [6.45, 7) is 3.80. The lowest BCUT2D eigenvalue weighted by atomic mass is 10.1. The Morgan fingerprint density at radius 2 is 2.12 bits per heavy atom. The topological polar surface area (TPSA) is 55.1 Å². The fourth-order valence-electron chi connectivity index (χ4n) is 1.16. The van der Waals surface area contributed by atoms with Crippen LogP contribution in [0.3, 0.4) is 0 Å². The summed E-state index contributed by atoms with van der Waals surface area (Å²) in [4.78, 5) is 11.5. The number of halogens is 1. The minimum Gasteiger partial charge on any atom is -0.325 e. The van der Waals surface area contributed by atoms with E-state index >= 15 is 0 Å². The van der Waals surface area contributed by atoms with Crippen molar-refractivity contribution in [2.45, 2.75) is 19.4 Å². The summed E-state index contributed by atoms with van der Waals surface area (Å²) in [7, 11) is 0. The van der Waals surface area contributed by atoms with Crippen LogP contribution in [-0.4, -0.2) is 23.0 Å². The normalized spacial score (nSPS) is 11.3. The van der Waals surface area contributed by atoms with Gasteiger partial charge in [-0.3, -0.25) is 4.79 Å². The molecule has 1 aromatic carbocycles. The fraction of sp³-hybridized carbons (Fsp3) is 0.417. The van der Waals surface area contributed by atoms with E-state index in [1.165, 1.54) is 23.9 Å². The zero-order valence-corrected chi connectivity index (χ0v) is 10.8. The number of thioether (sulfide) groups is 1. The molecule has 3 nitrogen and oxygen atoms in total. The quantitative estimate of drug-likeness (QED) is 0.849. The van der Waals surface area contributed by atoms with Crippen LogP contribution in [0.4, 0.5) is 10.1 Å². The van der Waals surface area contributed by atoms with E-state index in [1.807, 2.05) is 13.8 Å². The van der Waals surface area contributed by atoms with Gasteiger partial charge in [0.05, 0.1) is 11.4 Å². The maximum Gasteiger partial charge on any atom is 0.234 e. The highest BCUT2D eigenvalue weighted by Crippen LogP contribution is 2.14. The van der Waals surface area contributed by atoms with Crippen molar-refractivity contribution in [3.63, 3.8) is 0 Å². The minimum absolute atomic E-state index is 0.213. The first-order valence-electron chi connectivity index (χ1n) is 5.29. The number of hydrogen-bond donors (Lipinski definition) is 2. The molecule has 0 bridgehead atoms. The smallest absolute Gasteiger partial charge is 0.234 e. The van der Waals surface area contributed by atoms with Gasteiger partial charge >= 0.3 is 0 Å². The Labute approximate surface area is 105 Å². The SMILES string of the molecule is CC(C)(N)CSCC(=O)Nc1ccccc1F. The molecule has 1 rings (SSSR count). The molecule has 5 heteroatoms.